The molecule has 2 rings (SSSR count). The van der Waals surface area contributed by atoms with Gasteiger partial charge in [0.15, 0.2) is 6.23 Å². The number of hydrogen-bond acceptors (Lipinski definition) is 8. The number of H-pyrrole nitrogens is 1. The third kappa shape index (κ3) is 3.19. The van der Waals surface area contributed by atoms with Crippen molar-refractivity contribution in [2.24, 2.45) is 5.73 Å². The van der Waals surface area contributed by atoms with Gasteiger partial charge in [-0.15, -0.1) is 0 Å². The summed E-state index contributed by atoms with van der Waals surface area (Å²) >= 11 is 0. The maximum Gasteiger partial charge on any atom is 0.330 e. The number of aromatic nitrogens is 2. The van der Waals surface area contributed by atoms with Gasteiger partial charge in [-0.25, -0.2) is 4.79 Å². The van der Waals surface area contributed by atoms with Gasteiger partial charge in [-0.1, -0.05) is 0 Å². The molecule has 1 fully saturated rings. The molecule has 10 heteroatoms. The Morgan fingerprint density at radius 2 is 2.14 bits per heavy atom. The molecule has 0 spiro atoms. The van der Waals surface area contributed by atoms with Gasteiger partial charge in [-0.05, 0) is 0 Å². The van der Waals surface area contributed by atoms with E-state index in [1.54, 1.807) is 0 Å². The molecule has 0 saturated carbocycles. The number of nitrogens with two attached hydrogens (primary N) is 1. The highest BCUT2D eigenvalue weighted by Gasteiger charge is 2.44. The third-order valence-corrected chi connectivity index (χ3v) is 3.04. The Bertz CT molecular complexity index is 625. The molecule has 2 heterocycles. The predicted octanol–water partition coefficient (Wildman–Crippen LogP) is -3.34. The fraction of sp³-hybridized carbons (Fsp3) is 0.545. The van der Waals surface area contributed by atoms with E-state index < -0.39 is 41.8 Å². The van der Waals surface area contributed by atoms with Crippen LogP contribution in [0.3, 0.4) is 0 Å². The Labute approximate surface area is 117 Å². The second kappa shape index (κ2) is 6.18. The van der Waals surface area contributed by atoms with Crippen molar-refractivity contribution in [3.05, 3.63) is 33.1 Å². The van der Waals surface area contributed by atoms with Crippen molar-refractivity contribution in [2.75, 3.05) is 13.2 Å². The van der Waals surface area contributed by atoms with Gasteiger partial charge >= 0.3 is 11.7 Å². The standard InChI is InChI=1S/C11H15N3O7/c12-3-7(16)20-4-5-8(17)9(18)10(21-5)14-2-1-6(15)13-11(14)19/h1-2,5,8-10,17-18H,3-4,12H2,(H,13,15,19)/t5-,8?,9?,10-/m0/s1. The first-order chi connectivity index (χ1) is 9.93. The number of esters is 1. The highest BCUT2D eigenvalue weighted by Crippen LogP contribution is 2.28. The second-order valence-corrected chi connectivity index (χ2v) is 4.45. The summed E-state index contributed by atoms with van der Waals surface area (Å²) < 4.78 is 11.0. The fourth-order valence-corrected chi connectivity index (χ4v) is 1.96. The van der Waals surface area contributed by atoms with E-state index >= 15 is 0 Å². The third-order valence-electron chi connectivity index (χ3n) is 3.04. The van der Waals surface area contributed by atoms with E-state index in [4.69, 9.17) is 15.2 Å². The van der Waals surface area contributed by atoms with E-state index in [1.165, 1.54) is 0 Å². The molecule has 1 aliphatic rings. The van der Waals surface area contributed by atoms with Gasteiger partial charge in [0.2, 0.25) is 0 Å². The zero-order chi connectivity index (χ0) is 15.6. The summed E-state index contributed by atoms with van der Waals surface area (Å²) in [7, 11) is 0. The summed E-state index contributed by atoms with van der Waals surface area (Å²) in [5.41, 5.74) is 3.67. The van der Waals surface area contributed by atoms with Crippen LogP contribution in [0.25, 0.3) is 0 Å². The molecule has 1 aromatic heterocycles. The van der Waals surface area contributed by atoms with Crippen LogP contribution >= 0.6 is 0 Å². The van der Waals surface area contributed by atoms with E-state index in [1.807, 2.05) is 4.98 Å². The lowest BCUT2D eigenvalue weighted by Gasteiger charge is -2.16. The predicted molar refractivity (Wildman–Crippen MR) is 67.3 cm³/mol. The molecule has 1 saturated heterocycles. The molecule has 2 unspecified atom stereocenters. The van der Waals surface area contributed by atoms with Crippen LogP contribution in [-0.4, -0.2) is 57.2 Å². The minimum atomic E-state index is -1.42. The Kier molecular flexibility index (Phi) is 4.53. The summed E-state index contributed by atoms with van der Waals surface area (Å²) in [6.45, 7) is -0.642. The first-order valence-electron chi connectivity index (χ1n) is 6.13. The lowest BCUT2D eigenvalue weighted by atomic mass is 10.1. The fourth-order valence-electron chi connectivity index (χ4n) is 1.96. The molecule has 4 atom stereocenters. The average Bonchev–Trinajstić information content (AvgIpc) is 2.73. The maximum atomic E-state index is 11.6. The van der Waals surface area contributed by atoms with Crippen molar-refractivity contribution < 1.29 is 24.5 Å². The van der Waals surface area contributed by atoms with Crippen LogP contribution in [-0.2, 0) is 14.3 Å². The van der Waals surface area contributed by atoms with E-state index in [2.05, 4.69) is 0 Å². The number of hydrogen-bond donors (Lipinski definition) is 4. The van der Waals surface area contributed by atoms with Gasteiger partial charge in [-0.3, -0.25) is 19.1 Å². The lowest BCUT2D eigenvalue weighted by molar-refractivity contribution is -0.148. The molecule has 0 radical (unpaired) electrons. The lowest BCUT2D eigenvalue weighted by Crippen LogP contribution is -2.37. The van der Waals surface area contributed by atoms with Crippen molar-refractivity contribution in [3.63, 3.8) is 0 Å². The van der Waals surface area contributed by atoms with Gasteiger partial charge in [-0.2, -0.15) is 0 Å². The first-order valence-corrected chi connectivity index (χ1v) is 6.13. The maximum absolute atomic E-state index is 11.6. The zero-order valence-corrected chi connectivity index (χ0v) is 10.8. The summed E-state index contributed by atoms with van der Waals surface area (Å²) in [6.07, 6.45) is -3.87. The minimum Gasteiger partial charge on any atom is -0.462 e. The van der Waals surface area contributed by atoms with Crippen molar-refractivity contribution in [2.45, 2.75) is 24.5 Å². The van der Waals surface area contributed by atoms with Gasteiger partial charge < -0.3 is 25.4 Å². The summed E-state index contributed by atoms with van der Waals surface area (Å²) in [5, 5.41) is 19.7. The SMILES string of the molecule is NCC(=O)OC[C@@H]1O[C@H](n2ccc(=O)[nH]c2=O)C(O)C1O. The summed E-state index contributed by atoms with van der Waals surface area (Å²) in [5.74, 6) is -0.690. The van der Waals surface area contributed by atoms with Crippen molar-refractivity contribution >= 4 is 5.97 Å². The first kappa shape index (κ1) is 15.4. The van der Waals surface area contributed by atoms with Crippen molar-refractivity contribution in [1.29, 1.82) is 0 Å². The number of ether oxygens (including phenoxy) is 2. The molecule has 116 valence electrons. The molecule has 1 aliphatic heterocycles. The number of aromatic amines is 1. The average molecular weight is 301 g/mol. The van der Waals surface area contributed by atoms with Gasteiger partial charge in [0.05, 0.1) is 6.54 Å². The number of carbonyl (C=O) groups excluding carboxylic acids is 1. The van der Waals surface area contributed by atoms with Crippen molar-refractivity contribution in [3.8, 4) is 0 Å². The second-order valence-electron chi connectivity index (χ2n) is 4.45. The number of nitrogens with one attached hydrogen (secondary N) is 1. The number of nitrogens with zero attached hydrogens (tertiary/aromatic N) is 1. The molecule has 1 aromatic rings. The Morgan fingerprint density at radius 1 is 1.43 bits per heavy atom. The number of aliphatic hydroxyl groups excluding tert-OH is 2. The largest absolute Gasteiger partial charge is 0.462 e. The number of aliphatic hydroxyl groups is 2. The highest BCUT2D eigenvalue weighted by atomic mass is 16.6. The molecule has 21 heavy (non-hydrogen) atoms. The molecule has 0 bridgehead atoms. The van der Waals surface area contributed by atoms with E-state index in [0.29, 0.717) is 0 Å². The van der Waals surface area contributed by atoms with Crippen LogP contribution in [0, 0.1) is 0 Å². The van der Waals surface area contributed by atoms with Crippen LogP contribution in [0.15, 0.2) is 21.9 Å². The highest BCUT2D eigenvalue weighted by molar-refractivity contribution is 5.71. The zero-order valence-electron chi connectivity index (χ0n) is 10.8. The van der Waals surface area contributed by atoms with Crippen LogP contribution in [0.2, 0.25) is 0 Å². The van der Waals surface area contributed by atoms with Gasteiger partial charge in [0.25, 0.3) is 5.56 Å². The van der Waals surface area contributed by atoms with Crippen LogP contribution < -0.4 is 17.0 Å². The quantitative estimate of drug-likeness (QED) is 0.420. The molecular weight excluding hydrogens is 286 g/mol. The Morgan fingerprint density at radius 3 is 2.76 bits per heavy atom. The minimum absolute atomic E-state index is 0.317. The normalized spacial score (nSPS) is 28.5. The van der Waals surface area contributed by atoms with Gasteiger partial charge in [0.1, 0.15) is 24.9 Å². The Hall–Kier alpha value is -2.01. The van der Waals surface area contributed by atoms with E-state index in [-0.39, 0.29) is 13.2 Å². The number of rotatable bonds is 4. The number of carbonyl (C=O) groups is 1. The summed E-state index contributed by atoms with van der Waals surface area (Å²) in [4.78, 5) is 35.6. The molecular formula is C11H15N3O7. The molecule has 0 aliphatic carbocycles. The Balaban J connectivity index is 2.14. The summed E-state index contributed by atoms with van der Waals surface area (Å²) in [6, 6.07) is 1.08. The van der Waals surface area contributed by atoms with Crippen LogP contribution in [0.1, 0.15) is 6.23 Å². The topological polar surface area (TPSA) is 157 Å². The molecule has 0 amide bonds. The monoisotopic (exact) mass is 301 g/mol. The van der Waals surface area contributed by atoms with Gasteiger partial charge in [0, 0.05) is 12.3 Å². The van der Waals surface area contributed by atoms with Crippen LogP contribution in [0.4, 0.5) is 0 Å². The van der Waals surface area contributed by atoms with E-state index in [9.17, 15) is 24.6 Å². The van der Waals surface area contributed by atoms with Crippen molar-refractivity contribution in [1.82, 2.24) is 9.55 Å². The van der Waals surface area contributed by atoms with Crippen LogP contribution in [0.5, 0.6) is 0 Å². The molecule has 0 aromatic carbocycles. The molecule has 10 nitrogen and oxygen atoms in total. The smallest absolute Gasteiger partial charge is 0.330 e. The molecule has 5 N–H and O–H groups in total. The van der Waals surface area contributed by atoms with E-state index in [0.717, 1.165) is 16.8 Å².